The Morgan fingerprint density at radius 3 is 2.83 bits per heavy atom. The Morgan fingerprint density at radius 2 is 2.28 bits per heavy atom. The lowest BCUT2D eigenvalue weighted by atomic mass is 9.78. The van der Waals surface area contributed by atoms with Crippen molar-refractivity contribution in [2.24, 2.45) is 11.3 Å². The average molecular weight is 264 g/mol. The summed E-state index contributed by atoms with van der Waals surface area (Å²) in [6.45, 7) is 2.14. The molecule has 3 unspecified atom stereocenters. The molecule has 2 rings (SSSR count). The molecule has 0 bridgehead atoms. The number of aliphatic hydroxyl groups excluding tert-OH is 1. The van der Waals surface area contributed by atoms with Gasteiger partial charge in [0, 0.05) is 10.6 Å². The zero-order valence-corrected chi connectivity index (χ0v) is 11.3. The Bertz CT molecular complexity index is 468. The number of halogens is 1. The standard InChI is InChI=1S/C15H18ClNO/c1-2-11-7-8-15(9-11,10-17)14(18)12-5-3-4-6-13(12)16/h3-6,11,14,18H,2,7-9H2,1H3. The molecule has 3 heteroatoms. The van der Waals surface area contributed by atoms with E-state index < -0.39 is 11.5 Å². The van der Waals surface area contributed by atoms with Crippen LogP contribution in [0.5, 0.6) is 0 Å². The number of benzene rings is 1. The van der Waals surface area contributed by atoms with E-state index in [0.717, 1.165) is 25.7 Å². The van der Waals surface area contributed by atoms with E-state index >= 15 is 0 Å². The van der Waals surface area contributed by atoms with Crippen LogP contribution in [0.1, 0.15) is 44.3 Å². The molecule has 2 nitrogen and oxygen atoms in total. The van der Waals surface area contributed by atoms with Crippen LogP contribution in [-0.4, -0.2) is 5.11 Å². The van der Waals surface area contributed by atoms with Gasteiger partial charge in [-0.25, -0.2) is 0 Å². The lowest BCUT2D eigenvalue weighted by Crippen LogP contribution is -2.25. The summed E-state index contributed by atoms with van der Waals surface area (Å²) in [7, 11) is 0. The van der Waals surface area contributed by atoms with Crippen LogP contribution in [-0.2, 0) is 0 Å². The first kappa shape index (κ1) is 13.4. The molecule has 1 aliphatic carbocycles. The highest BCUT2D eigenvalue weighted by molar-refractivity contribution is 6.31. The van der Waals surface area contributed by atoms with Crippen molar-refractivity contribution in [1.29, 1.82) is 5.26 Å². The molecule has 1 saturated carbocycles. The molecule has 0 spiro atoms. The summed E-state index contributed by atoms with van der Waals surface area (Å²) >= 11 is 6.12. The SMILES string of the molecule is CCC1CCC(C#N)(C(O)c2ccccc2Cl)C1. The van der Waals surface area contributed by atoms with Crippen molar-refractivity contribution < 1.29 is 5.11 Å². The highest BCUT2D eigenvalue weighted by atomic mass is 35.5. The number of hydrogen-bond acceptors (Lipinski definition) is 2. The van der Waals surface area contributed by atoms with Crippen molar-refractivity contribution >= 4 is 11.6 Å². The smallest absolute Gasteiger partial charge is 0.0990 e. The van der Waals surface area contributed by atoms with Crippen LogP contribution < -0.4 is 0 Å². The summed E-state index contributed by atoms with van der Waals surface area (Å²) in [5, 5.41) is 20.6. The summed E-state index contributed by atoms with van der Waals surface area (Å²) in [6, 6.07) is 9.61. The second-order valence-electron chi connectivity index (χ2n) is 5.21. The van der Waals surface area contributed by atoms with Crippen molar-refractivity contribution in [1.82, 2.24) is 0 Å². The van der Waals surface area contributed by atoms with Crippen molar-refractivity contribution in [2.75, 3.05) is 0 Å². The minimum atomic E-state index is -0.784. The minimum absolute atomic E-state index is 0.541. The van der Waals surface area contributed by atoms with Crippen LogP contribution in [0.2, 0.25) is 5.02 Å². The Balaban J connectivity index is 2.30. The third-order valence-corrected chi connectivity index (χ3v) is 4.52. The van der Waals surface area contributed by atoms with Gasteiger partial charge in [0.1, 0.15) is 0 Å². The number of nitrogens with zero attached hydrogens (tertiary/aromatic N) is 1. The molecule has 0 heterocycles. The molecule has 0 amide bonds. The largest absolute Gasteiger partial charge is 0.387 e. The Hall–Kier alpha value is -1.04. The van der Waals surface area contributed by atoms with Crippen LogP contribution in [0.3, 0.4) is 0 Å². The monoisotopic (exact) mass is 263 g/mol. The maximum Gasteiger partial charge on any atom is 0.0990 e. The van der Waals surface area contributed by atoms with E-state index in [0.29, 0.717) is 16.5 Å². The van der Waals surface area contributed by atoms with Crippen LogP contribution in [0.25, 0.3) is 0 Å². The van der Waals surface area contributed by atoms with E-state index in [-0.39, 0.29) is 0 Å². The van der Waals surface area contributed by atoms with E-state index in [4.69, 9.17) is 11.6 Å². The predicted octanol–water partition coefficient (Wildman–Crippen LogP) is 4.09. The summed E-state index contributed by atoms with van der Waals surface area (Å²) in [5.74, 6) is 0.543. The highest BCUT2D eigenvalue weighted by Gasteiger charge is 2.45. The van der Waals surface area contributed by atoms with Gasteiger partial charge in [0.2, 0.25) is 0 Å². The summed E-state index contributed by atoms with van der Waals surface area (Å²) in [5.41, 5.74) is 0.0172. The molecule has 1 aromatic rings. The molecule has 3 atom stereocenters. The third kappa shape index (κ3) is 2.25. The van der Waals surface area contributed by atoms with Gasteiger partial charge in [-0.3, -0.25) is 0 Å². The molecule has 0 aromatic heterocycles. The molecule has 0 radical (unpaired) electrons. The zero-order chi connectivity index (χ0) is 13.2. The molecular formula is C15H18ClNO. The third-order valence-electron chi connectivity index (χ3n) is 4.17. The Morgan fingerprint density at radius 1 is 1.56 bits per heavy atom. The van der Waals surface area contributed by atoms with Gasteiger partial charge >= 0.3 is 0 Å². The van der Waals surface area contributed by atoms with E-state index in [2.05, 4.69) is 13.0 Å². The maximum absolute atomic E-state index is 10.6. The molecule has 1 fully saturated rings. The number of hydrogen-bond donors (Lipinski definition) is 1. The predicted molar refractivity (Wildman–Crippen MR) is 72.1 cm³/mol. The highest BCUT2D eigenvalue weighted by Crippen LogP contribution is 2.51. The second kappa shape index (κ2) is 5.30. The maximum atomic E-state index is 10.6. The van der Waals surface area contributed by atoms with Gasteiger partial charge < -0.3 is 5.11 Å². The topological polar surface area (TPSA) is 44.0 Å². The van der Waals surface area contributed by atoms with Gasteiger partial charge in [-0.1, -0.05) is 43.1 Å². The number of nitriles is 1. The first-order valence-corrected chi connectivity index (χ1v) is 6.84. The minimum Gasteiger partial charge on any atom is -0.387 e. The molecule has 96 valence electrons. The second-order valence-corrected chi connectivity index (χ2v) is 5.62. The summed E-state index contributed by atoms with van der Waals surface area (Å²) in [6.07, 6.45) is 2.83. The molecule has 0 saturated heterocycles. The Labute approximate surface area is 113 Å². The van der Waals surface area contributed by atoms with E-state index in [1.54, 1.807) is 6.07 Å². The van der Waals surface area contributed by atoms with Crippen LogP contribution >= 0.6 is 11.6 Å². The van der Waals surface area contributed by atoms with Crippen molar-refractivity contribution in [3.8, 4) is 6.07 Å². The fourth-order valence-corrected chi connectivity index (χ4v) is 3.17. The first-order valence-electron chi connectivity index (χ1n) is 6.46. The number of rotatable bonds is 3. The fourth-order valence-electron chi connectivity index (χ4n) is 2.93. The molecule has 1 aliphatic rings. The van der Waals surface area contributed by atoms with E-state index in [1.807, 2.05) is 18.2 Å². The molecular weight excluding hydrogens is 246 g/mol. The van der Waals surface area contributed by atoms with Gasteiger partial charge in [-0.05, 0) is 31.2 Å². The molecule has 18 heavy (non-hydrogen) atoms. The lowest BCUT2D eigenvalue weighted by Gasteiger charge is -2.28. The van der Waals surface area contributed by atoms with Crippen molar-refractivity contribution in [2.45, 2.75) is 38.7 Å². The van der Waals surface area contributed by atoms with E-state index in [9.17, 15) is 10.4 Å². The summed E-state index contributed by atoms with van der Waals surface area (Å²) in [4.78, 5) is 0. The summed E-state index contributed by atoms with van der Waals surface area (Å²) < 4.78 is 0. The first-order chi connectivity index (χ1) is 8.63. The Kier molecular flexibility index (Phi) is 3.94. The van der Waals surface area contributed by atoms with Gasteiger partial charge in [0.05, 0.1) is 17.6 Å². The lowest BCUT2D eigenvalue weighted by molar-refractivity contribution is 0.0641. The number of aliphatic hydroxyl groups is 1. The molecule has 0 aliphatic heterocycles. The van der Waals surface area contributed by atoms with Crippen molar-refractivity contribution in [3.63, 3.8) is 0 Å². The van der Waals surface area contributed by atoms with Gasteiger partial charge in [0.15, 0.2) is 0 Å². The van der Waals surface area contributed by atoms with Gasteiger partial charge in [-0.15, -0.1) is 0 Å². The van der Waals surface area contributed by atoms with Crippen molar-refractivity contribution in [3.05, 3.63) is 34.9 Å². The average Bonchev–Trinajstić information content (AvgIpc) is 2.83. The van der Waals surface area contributed by atoms with Crippen LogP contribution in [0.15, 0.2) is 24.3 Å². The normalized spacial score (nSPS) is 28.9. The zero-order valence-electron chi connectivity index (χ0n) is 10.6. The quantitative estimate of drug-likeness (QED) is 0.892. The van der Waals surface area contributed by atoms with E-state index in [1.165, 1.54) is 0 Å². The molecule has 1 aromatic carbocycles. The van der Waals surface area contributed by atoms with Crippen LogP contribution in [0, 0.1) is 22.7 Å². The van der Waals surface area contributed by atoms with Crippen LogP contribution in [0.4, 0.5) is 0 Å². The molecule has 1 N–H and O–H groups in total. The van der Waals surface area contributed by atoms with Gasteiger partial charge in [0.25, 0.3) is 0 Å². The van der Waals surface area contributed by atoms with Gasteiger partial charge in [-0.2, -0.15) is 5.26 Å². The fraction of sp³-hybridized carbons (Fsp3) is 0.533.